The molecule has 1 saturated heterocycles. The van der Waals surface area contributed by atoms with Gasteiger partial charge in [-0.05, 0) is 45.6 Å². The number of ether oxygens (including phenoxy) is 2. The Bertz CT molecular complexity index is 1190. The van der Waals surface area contributed by atoms with Crippen LogP contribution in [0.1, 0.15) is 54.1 Å². The lowest BCUT2D eigenvalue weighted by atomic mass is 10.1. The van der Waals surface area contributed by atoms with Crippen LogP contribution >= 0.6 is 11.8 Å². The smallest absolute Gasteiger partial charge is 0.254 e. The van der Waals surface area contributed by atoms with Gasteiger partial charge in [0.25, 0.3) is 11.5 Å². The molecule has 1 aliphatic rings. The zero-order valence-electron chi connectivity index (χ0n) is 18.9. The number of pyridine rings is 1. The van der Waals surface area contributed by atoms with E-state index in [1.54, 1.807) is 0 Å². The third kappa shape index (κ3) is 4.88. The topological polar surface area (TPSA) is 85.4 Å². The van der Waals surface area contributed by atoms with Crippen LogP contribution in [0.2, 0.25) is 0 Å². The highest BCUT2D eigenvalue weighted by molar-refractivity contribution is 7.98. The minimum atomic E-state index is -0.357. The predicted octanol–water partition coefficient (Wildman–Crippen LogP) is 4.56. The van der Waals surface area contributed by atoms with Crippen molar-refractivity contribution < 1.29 is 14.3 Å². The summed E-state index contributed by atoms with van der Waals surface area (Å²) >= 11 is 1.50. The number of amides is 1. The van der Waals surface area contributed by atoms with Gasteiger partial charge in [0, 0.05) is 39.3 Å². The number of benzene rings is 1. The second-order valence-electron chi connectivity index (χ2n) is 8.06. The molecule has 0 spiro atoms. The molecule has 33 heavy (non-hydrogen) atoms. The number of fused-ring (bicyclic) bond motifs is 1. The molecule has 3 aromatic rings. The molecule has 1 amide bonds. The van der Waals surface area contributed by atoms with Crippen LogP contribution in [0.4, 0.5) is 0 Å². The molecule has 1 fully saturated rings. The van der Waals surface area contributed by atoms with Gasteiger partial charge in [-0.3, -0.25) is 9.59 Å². The molecule has 0 bridgehead atoms. The monoisotopic (exact) mass is 471 g/mol. The van der Waals surface area contributed by atoms with Gasteiger partial charge < -0.3 is 24.3 Å². The second kappa shape index (κ2) is 10.6. The summed E-state index contributed by atoms with van der Waals surface area (Å²) in [5.74, 6) is -0.206. The van der Waals surface area contributed by atoms with Crippen LogP contribution in [-0.2, 0) is 16.0 Å². The first-order valence-electron chi connectivity index (χ1n) is 10.8. The number of aromatic amines is 1. The molecule has 0 radical (unpaired) electrons. The zero-order valence-corrected chi connectivity index (χ0v) is 19.7. The van der Waals surface area contributed by atoms with Gasteiger partial charge >= 0.3 is 0 Å². The second-order valence-corrected chi connectivity index (χ2v) is 8.91. The van der Waals surface area contributed by atoms with Gasteiger partial charge in [-0.1, -0.05) is 25.6 Å². The Kier molecular flexibility index (Phi) is 8.05. The van der Waals surface area contributed by atoms with Crippen molar-refractivity contribution in [1.29, 1.82) is 0 Å². The normalized spacial score (nSPS) is 15.3. The van der Waals surface area contributed by atoms with Crippen LogP contribution < -0.4 is 10.9 Å². The Hall–Kier alpha value is -2.55. The minimum Gasteiger partial charge on any atom is -0.350 e. The first-order chi connectivity index (χ1) is 15.4. The Morgan fingerprint density at radius 2 is 1.97 bits per heavy atom. The maximum Gasteiger partial charge on any atom is 0.254 e. The van der Waals surface area contributed by atoms with Crippen LogP contribution in [-0.4, -0.2) is 41.2 Å². The van der Waals surface area contributed by atoms with E-state index in [2.05, 4.69) is 14.9 Å². The van der Waals surface area contributed by atoms with Crippen molar-refractivity contribution in [1.82, 2.24) is 14.9 Å². The Labute approximate surface area is 198 Å². The Morgan fingerprint density at radius 3 is 2.67 bits per heavy atom. The van der Waals surface area contributed by atoms with Crippen LogP contribution in [0.15, 0.2) is 40.0 Å². The Morgan fingerprint density at radius 1 is 1.27 bits per heavy atom. The molecule has 1 atom stereocenters. The number of aromatic nitrogens is 2. The van der Waals surface area contributed by atoms with Crippen molar-refractivity contribution in [2.24, 2.45) is 0 Å². The third-order valence-corrected chi connectivity index (χ3v) is 6.72. The predicted molar refractivity (Wildman–Crippen MR) is 133 cm³/mol. The maximum atomic E-state index is 13.3. The molecule has 1 unspecified atom stereocenters. The first-order valence-corrected chi connectivity index (χ1v) is 12.0. The highest BCUT2D eigenvalue weighted by atomic mass is 32.2. The van der Waals surface area contributed by atoms with E-state index in [0.29, 0.717) is 24.3 Å². The lowest BCUT2D eigenvalue weighted by molar-refractivity contribution is -0.197. The van der Waals surface area contributed by atoms with Crippen molar-refractivity contribution in [3.8, 4) is 0 Å². The third-order valence-electron chi connectivity index (χ3n) is 5.91. The fourth-order valence-electron chi connectivity index (χ4n) is 4.40. The number of hydrogen-bond donors (Lipinski definition) is 2. The molecule has 0 saturated carbocycles. The molecule has 3 heterocycles. The van der Waals surface area contributed by atoms with Crippen LogP contribution in [0.5, 0.6) is 0 Å². The van der Waals surface area contributed by atoms with Crippen molar-refractivity contribution in [2.45, 2.75) is 58.4 Å². The summed E-state index contributed by atoms with van der Waals surface area (Å²) in [6.07, 6.45) is 2.46. The van der Waals surface area contributed by atoms with Crippen molar-refractivity contribution in [2.75, 3.05) is 19.5 Å². The maximum absolute atomic E-state index is 13.3. The summed E-state index contributed by atoms with van der Waals surface area (Å²) in [5, 5.41) is 3.84. The summed E-state index contributed by atoms with van der Waals surface area (Å²) in [7, 11) is 0. The number of nitrogens with zero attached hydrogens (tertiary/aromatic N) is 1. The van der Waals surface area contributed by atoms with Gasteiger partial charge in [-0.15, -0.1) is 11.8 Å². The van der Waals surface area contributed by atoms with Gasteiger partial charge in [-0.25, -0.2) is 0 Å². The van der Waals surface area contributed by atoms with Gasteiger partial charge in [0.15, 0.2) is 6.29 Å². The molecule has 2 aromatic heterocycles. The number of carbonyl (C=O) groups is 1. The minimum absolute atomic E-state index is 0. The SMILES string of the molecule is C.CSc1cc(C)[nH]c(=O)c1CNC(=O)c1c(C)n(C(C)C2OCCCO2)c2ccccc12. The lowest BCUT2D eigenvalue weighted by Crippen LogP contribution is -2.33. The highest BCUT2D eigenvalue weighted by Gasteiger charge is 2.28. The summed E-state index contributed by atoms with van der Waals surface area (Å²) in [5.41, 5.74) is 3.60. The van der Waals surface area contributed by atoms with E-state index >= 15 is 0 Å². The number of carbonyl (C=O) groups excluding carboxylic acids is 1. The number of nitrogens with one attached hydrogen (secondary N) is 2. The number of rotatable bonds is 6. The van der Waals surface area contributed by atoms with Gasteiger partial charge in [0.05, 0.1) is 24.8 Å². The molecular formula is C25H33N3O4S. The molecular weight excluding hydrogens is 438 g/mol. The zero-order chi connectivity index (χ0) is 22.8. The number of H-pyrrole nitrogens is 1. The summed E-state index contributed by atoms with van der Waals surface area (Å²) in [6.45, 7) is 7.34. The molecule has 178 valence electrons. The lowest BCUT2D eigenvalue weighted by Gasteiger charge is -2.30. The van der Waals surface area contributed by atoms with E-state index < -0.39 is 0 Å². The summed E-state index contributed by atoms with van der Waals surface area (Å²) < 4.78 is 13.8. The quantitative estimate of drug-likeness (QED) is 0.515. The number of thioether (sulfide) groups is 1. The molecule has 1 aromatic carbocycles. The van der Waals surface area contributed by atoms with Gasteiger partial charge in [0.1, 0.15) is 0 Å². The molecule has 0 aliphatic carbocycles. The molecule has 4 rings (SSSR count). The van der Waals surface area contributed by atoms with Crippen LogP contribution in [0.3, 0.4) is 0 Å². The van der Waals surface area contributed by atoms with E-state index in [4.69, 9.17) is 9.47 Å². The van der Waals surface area contributed by atoms with E-state index in [9.17, 15) is 9.59 Å². The van der Waals surface area contributed by atoms with E-state index in [1.807, 2.05) is 57.4 Å². The summed E-state index contributed by atoms with van der Waals surface area (Å²) in [4.78, 5) is 29.5. The van der Waals surface area contributed by atoms with E-state index in [1.165, 1.54) is 11.8 Å². The number of para-hydroxylation sites is 1. The van der Waals surface area contributed by atoms with Gasteiger partial charge in [0.2, 0.25) is 0 Å². The average Bonchev–Trinajstić information content (AvgIpc) is 3.09. The van der Waals surface area contributed by atoms with Crippen molar-refractivity contribution >= 4 is 28.6 Å². The van der Waals surface area contributed by atoms with Crippen LogP contribution in [0, 0.1) is 13.8 Å². The van der Waals surface area contributed by atoms with E-state index in [-0.39, 0.29) is 37.8 Å². The molecule has 1 aliphatic heterocycles. The van der Waals surface area contributed by atoms with Crippen molar-refractivity contribution in [3.63, 3.8) is 0 Å². The molecule has 7 nitrogen and oxygen atoms in total. The van der Waals surface area contributed by atoms with E-state index in [0.717, 1.165) is 33.6 Å². The van der Waals surface area contributed by atoms with Crippen LogP contribution in [0.25, 0.3) is 10.9 Å². The largest absolute Gasteiger partial charge is 0.350 e. The number of aryl methyl sites for hydroxylation is 1. The summed E-state index contributed by atoms with van der Waals surface area (Å²) in [6, 6.07) is 9.69. The Balaban J connectivity index is 0.00000306. The van der Waals surface area contributed by atoms with Gasteiger partial charge in [-0.2, -0.15) is 0 Å². The highest BCUT2D eigenvalue weighted by Crippen LogP contribution is 2.32. The molecule has 8 heteroatoms. The fourth-order valence-corrected chi connectivity index (χ4v) is 5.11. The average molecular weight is 472 g/mol. The number of hydrogen-bond acceptors (Lipinski definition) is 5. The fraction of sp³-hybridized carbons (Fsp3) is 0.440. The molecule has 2 N–H and O–H groups in total. The first kappa shape index (κ1) is 25.1. The van der Waals surface area contributed by atoms with Crippen molar-refractivity contribution in [3.05, 3.63) is 63.2 Å². The standard InChI is InChI=1S/C24H29N3O4S.CH4/c1-14-12-20(32-4)18(22(28)26-14)13-25-23(29)21-15(2)27(19-9-6-5-8-17(19)21)16(3)24-30-10-7-11-31-24;/h5-6,8-9,12,16,24H,7,10-11,13H2,1-4H3,(H,25,29)(H,26,28);1H4.